The highest BCUT2D eigenvalue weighted by Crippen LogP contribution is 2.07. The summed E-state index contributed by atoms with van der Waals surface area (Å²) in [5.41, 5.74) is 0.557. The van der Waals surface area contributed by atoms with E-state index >= 15 is 0 Å². The summed E-state index contributed by atoms with van der Waals surface area (Å²) < 4.78 is 9.96. The Hall–Kier alpha value is -1.35. The molecule has 0 fully saturated rings. The zero-order valence-corrected chi connectivity index (χ0v) is 9.58. The van der Waals surface area contributed by atoms with Crippen molar-refractivity contribution < 1.29 is 14.3 Å². The third-order valence-corrected chi connectivity index (χ3v) is 1.85. The van der Waals surface area contributed by atoms with Gasteiger partial charge in [-0.25, -0.2) is 0 Å². The maximum atomic E-state index is 11.4. The third kappa shape index (κ3) is 5.18. The van der Waals surface area contributed by atoms with Crippen LogP contribution in [0, 0.1) is 0 Å². The minimum Gasteiger partial charge on any atom is -0.497 e. The van der Waals surface area contributed by atoms with Gasteiger partial charge in [-0.3, -0.25) is 4.79 Å². The molecule has 0 aromatic heterocycles. The number of carbonyl (C=O) groups is 1. The molecule has 0 aromatic carbocycles. The molecule has 0 rings (SSSR count). The van der Waals surface area contributed by atoms with E-state index in [1.807, 2.05) is 6.92 Å². The molecule has 84 valence electrons. The Morgan fingerprint density at radius 1 is 1.40 bits per heavy atom. The Balaban J connectivity index is 4.77. The van der Waals surface area contributed by atoms with Gasteiger partial charge in [0.1, 0.15) is 5.76 Å². The van der Waals surface area contributed by atoms with Crippen molar-refractivity contribution in [2.45, 2.75) is 13.3 Å². The Labute approximate surface area is 91.1 Å². The van der Waals surface area contributed by atoms with E-state index in [-0.39, 0.29) is 5.78 Å². The predicted molar refractivity (Wildman–Crippen MR) is 60.5 cm³/mol. The van der Waals surface area contributed by atoms with Crippen LogP contribution in [0.5, 0.6) is 0 Å². The van der Waals surface area contributed by atoms with Gasteiger partial charge in [0.2, 0.25) is 0 Å². The van der Waals surface area contributed by atoms with Crippen molar-refractivity contribution in [2.75, 3.05) is 20.8 Å². The van der Waals surface area contributed by atoms with Crippen LogP contribution in [0.25, 0.3) is 0 Å². The summed E-state index contributed by atoms with van der Waals surface area (Å²) in [5, 5.41) is 0. The van der Waals surface area contributed by atoms with Crippen LogP contribution in [0.3, 0.4) is 0 Å². The van der Waals surface area contributed by atoms with Crippen molar-refractivity contribution in [2.24, 2.45) is 0 Å². The molecule has 0 aliphatic carbocycles. The number of hydrogen-bond acceptors (Lipinski definition) is 3. The normalized spacial score (nSPS) is 12.5. The fraction of sp³-hybridized carbons (Fsp3) is 0.417. The molecule has 3 nitrogen and oxygen atoms in total. The van der Waals surface area contributed by atoms with Crippen molar-refractivity contribution in [1.82, 2.24) is 0 Å². The minimum absolute atomic E-state index is 0.0466. The summed E-state index contributed by atoms with van der Waals surface area (Å²) in [7, 11) is 3.15. The highest BCUT2D eigenvalue weighted by atomic mass is 16.5. The fourth-order valence-corrected chi connectivity index (χ4v) is 0.977. The zero-order valence-electron chi connectivity index (χ0n) is 9.58. The highest BCUT2D eigenvalue weighted by Gasteiger charge is 2.03. The molecule has 15 heavy (non-hydrogen) atoms. The quantitative estimate of drug-likeness (QED) is 0.367. The zero-order chi connectivity index (χ0) is 11.7. The van der Waals surface area contributed by atoms with E-state index < -0.39 is 0 Å². The van der Waals surface area contributed by atoms with Crippen LogP contribution in [-0.4, -0.2) is 26.6 Å². The van der Waals surface area contributed by atoms with Crippen LogP contribution in [0.1, 0.15) is 13.3 Å². The van der Waals surface area contributed by atoms with Crippen molar-refractivity contribution in [3.63, 3.8) is 0 Å². The molecule has 0 aliphatic rings. The van der Waals surface area contributed by atoms with E-state index in [0.29, 0.717) is 24.4 Å². The van der Waals surface area contributed by atoms with Gasteiger partial charge in [-0.05, 0) is 12.2 Å². The Morgan fingerprint density at radius 3 is 2.47 bits per heavy atom. The number of hydrogen-bond donors (Lipinski definition) is 0. The predicted octanol–water partition coefficient (Wildman–Crippen LogP) is 2.25. The first-order valence-electron chi connectivity index (χ1n) is 4.80. The molecule has 0 amide bonds. The molecular formula is C12H18O3. The number of carbonyl (C=O) groups excluding carboxylic acids is 1. The first-order valence-corrected chi connectivity index (χ1v) is 4.80. The van der Waals surface area contributed by atoms with E-state index in [1.54, 1.807) is 26.4 Å². The first-order chi connectivity index (χ1) is 7.19. The molecule has 0 heterocycles. The second kappa shape index (κ2) is 8.00. The topological polar surface area (TPSA) is 35.5 Å². The van der Waals surface area contributed by atoms with Gasteiger partial charge in [-0.2, -0.15) is 0 Å². The minimum atomic E-state index is 0.0466. The molecule has 0 aliphatic heterocycles. The summed E-state index contributed by atoms with van der Waals surface area (Å²) in [6.45, 7) is 5.85. The van der Waals surface area contributed by atoms with Crippen LogP contribution in [-0.2, 0) is 14.3 Å². The van der Waals surface area contributed by atoms with E-state index in [1.165, 1.54) is 6.08 Å². The number of ether oxygens (including phenoxy) is 2. The first kappa shape index (κ1) is 13.7. The van der Waals surface area contributed by atoms with Crippen molar-refractivity contribution in [3.05, 3.63) is 36.1 Å². The average molecular weight is 210 g/mol. The summed E-state index contributed by atoms with van der Waals surface area (Å²) >= 11 is 0. The Morgan fingerprint density at radius 2 is 2.07 bits per heavy atom. The van der Waals surface area contributed by atoms with Crippen LogP contribution in [0.15, 0.2) is 36.1 Å². The lowest BCUT2D eigenvalue weighted by Gasteiger charge is -2.03. The molecule has 0 atom stereocenters. The molecule has 0 unspecified atom stereocenters. The number of ketones is 1. The Kier molecular flexibility index (Phi) is 7.28. The van der Waals surface area contributed by atoms with Crippen molar-refractivity contribution in [3.8, 4) is 0 Å². The smallest absolute Gasteiger partial charge is 0.162 e. The lowest BCUT2D eigenvalue weighted by molar-refractivity contribution is -0.115. The maximum absolute atomic E-state index is 11.4. The lowest BCUT2D eigenvalue weighted by Crippen LogP contribution is -1.99. The average Bonchev–Trinajstić information content (AvgIpc) is 2.28. The molecule has 3 heteroatoms. The second-order valence-electron chi connectivity index (χ2n) is 2.85. The van der Waals surface area contributed by atoms with Gasteiger partial charge in [0.05, 0.1) is 13.7 Å². The standard InChI is InChI=1S/C12H18O3/c1-5-10(12(13)6-2)9-11(15-4)7-8-14-3/h5,7,9H,1,6,8H2,2-4H3/b10-9+,11-7+. The van der Waals surface area contributed by atoms with E-state index in [4.69, 9.17) is 9.47 Å². The van der Waals surface area contributed by atoms with Gasteiger partial charge in [-0.15, -0.1) is 0 Å². The Bertz CT molecular complexity index is 275. The SMILES string of the molecule is C=C/C(=C\C(=C/COC)OC)C(=O)CC. The van der Waals surface area contributed by atoms with E-state index in [9.17, 15) is 4.79 Å². The van der Waals surface area contributed by atoms with Gasteiger partial charge >= 0.3 is 0 Å². The van der Waals surface area contributed by atoms with Crippen molar-refractivity contribution >= 4 is 5.78 Å². The lowest BCUT2D eigenvalue weighted by atomic mass is 10.1. The van der Waals surface area contributed by atoms with Crippen LogP contribution < -0.4 is 0 Å². The largest absolute Gasteiger partial charge is 0.497 e. The van der Waals surface area contributed by atoms with Crippen molar-refractivity contribution in [1.29, 1.82) is 0 Å². The molecule has 0 spiro atoms. The molecule has 0 bridgehead atoms. The molecule has 0 radical (unpaired) electrons. The van der Waals surface area contributed by atoms with Gasteiger partial charge in [0, 0.05) is 19.1 Å². The monoisotopic (exact) mass is 210 g/mol. The summed E-state index contributed by atoms with van der Waals surface area (Å²) in [5.74, 6) is 0.652. The summed E-state index contributed by atoms with van der Waals surface area (Å²) in [6, 6.07) is 0. The number of methoxy groups -OCH3 is 2. The number of allylic oxidation sites excluding steroid dienone is 3. The van der Waals surface area contributed by atoms with E-state index in [0.717, 1.165) is 0 Å². The molecule has 0 aromatic rings. The molecule has 0 N–H and O–H groups in total. The highest BCUT2D eigenvalue weighted by molar-refractivity contribution is 5.98. The molecule has 0 saturated heterocycles. The molecule has 0 saturated carbocycles. The second-order valence-corrected chi connectivity index (χ2v) is 2.85. The third-order valence-electron chi connectivity index (χ3n) is 1.85. The van der Waals surface area contributed by atoms with E-state index in [2.05, 4.69) is 6.58 Å². The van der Waals surface area contributed by atoms with Crippen LogP contribution >= 0.6 is 0 Å². The number of Topliss-reactive ketones (excluding diaryl/α,β-unsaturated/α-hetero) is 1. The van der Waals surface area contributed by atoms with Gasteiger partial charge < -0.3 is 9.47 Å². The number of rotatable bonds is 7. The van der Waals surface area contributed by atoms with Crippen LogP contribution in [0.4, 0.5) is 0 Å². The van der Waals surface area contributed by atoms with Gasteiger partial charge in [-0.1, -0.05) is 19.6 Å². The summed E-state index contributed by atoms with van der Waals surface area (Å²) in [4.78, 5) is 11.4. The molecular weight excluding hydrogens is 192 g/mol. The maximum Gasteiger partial charge on any atom is 0.162 e. The summed E-state index contributed by atoms with van der Waals surface area (Å²) in [6.07, 6.45) is 5.41. The van der Waals surface area contributed by atoms with Gasteiger partial charge in [0.15, 0.2) is 5.78 Å². The fourth-order valence-electron chi connectivity index (χ4n) is 0.977. The van der Waals surface area contributed by atoms with Crippen LogP contribution in [0.2, 0.25) is 0 Å². The van der Waals surface area contributed by atoms with Gasteiger partial charge in [0.25, 0.3) is 0 Å².